The van der Waals surface area contributed by atoms with E-state index in [0.29, 0.717) is 0 Å². The Hall–Kier alpha value is -7.46. The van der Waals surface area contributed by atoms with Crippen LogP contribution >= 0.6 is 11.3 Å². The van der Waals surface area contributed by atoms with Crippen LogP contribution in [0.2, 0.25) is 0 Å². The second-order valence-corrected chi connectivity index (χ2v) is 16.3. The molecule has 2 aromatic heterocycles. The van der Waals surface area contributed by atoms with Gasteiger partial charge in [0.1, 0.15) is 0 Å². The van der Waals surface area contributed by atoms with Gasteiger partial charge in [-0.05, 0) is 111 Å². The van der Waals surface area contributed by atoms with Gasteiger partial charge < -0.3 is 9.47 Å². The third-order valence-electron chi connectivity index (χ3n) is 12.0. The maximum absolute atomic E-state index is 2.42. The fourth-order valence-corrected chi connectivity index (χ4v) is 10.5. The average molecular weight is 769 g/mol. The SMILES string of the molecule is c1ccc(-c2ccc(-c3ccc(N(c4ccc5ccc6ccccc6c5c4)c4ccc5c(c4)c4ccccc4n5-c4ccccc4)cc3)c3c2sc2ccccc23)cc1. The van der Waals surface area contributed by atoms with Gasteiger partial charge in [-0.1, -0.05) is 152 Å². The van der Waals surface area contributed by atoms with Crippen LogP contribution in [0.25, 0.3) is 91.5 Å². The van der Waals surface area contributed by atoms with E-state index in [-0.39, 0.29) is 0 Å². The minimum atomic E-state index is 1.10. The van der Waals surface area contributed by atoms with Crippen LogP contribution in [0.5, 0.6) is 0 Å². The Labute approximate surface area is 346 Å². The highest BCUT2D eigenvalue weighted by molar-refractivity contribution is 7.26. The minimum Gasteiger partial charge on any atom is -0.310 e. The van der Waals surface area contributed by atoms with Gasteiger partial charge in [0.15, 0.2) is 0 Å². The van der Waals surface area contributed by atoms with Gasteiger partial charge in [0.25, 0.3) is 0 Å². The topological polar surface area (TPSA) is 8.17 Å². The molecule has 0 N–H and O–H groups in total. The van der Waals surface area contributed by atoms with Crippen molar-refractivity contribution in [1.29, 1.82) is 0 Å². The van der Waals surface area contributed by atoms with Gasteiger partial charge in [0.2, 0.25) is 0 Å². The summed E-state index contributed by atoms with van der Waals surface area (Å²) in [5, 5.41) is 10.1. The van der Waals surface area contributed by atoms with Crippen molar-refractivity contribution in [2.45, 2.75) is 0 Å². The summed E-state index contributed by atoms with van der Waals surface area (Å²) in [6.07, 6.45) is 0. The molecule has 12 aromatic rings. The molecule has 0 aliphatic carbocycles. The van der Waals surface area contributed by atoms with Gasteiger partial charge in [-0.3, -0.25) is 0 Å². The third kappa shape index (κ3) is 5.47. The summed E-state index contributed by atoms with van der Waals surface area (Å²) in [4.78, 5) is 2.42. The quantitative estimate of drug-likeness (QED) is 0.153. The number of hydrogen-bond donors (Lipinski definition) is 0. The molecule has 0 bridgehead atoms. The van der Waals surface area contributed by atoms with Gasteiger partial charge >= 0.3 is 0 Å². The maximum Gasteiger partial charge on any atom is 0.0542 e. The molecule has 0 amide bonds. The number of fused-ring (bicyclic) bond motifs is 9. The van der Waals surface area contributed by atoms with Crippen LogP contribution in [-0.4, -0.2) is 4.57 Å². The summed E-state index contributed by atoms with van der Waals surface area (Å²) in [5.74, 6) is 0. The Balaban J connectivity index is 1.05. The Morgan fingerprint density at radius 3 is 1.73 bits per heavy atom. The highest BCUT2D eigenvalue weighted by Crippen LogP contribution is 2.46. The Bertz CT molecular complexity index is 3540. The van der Waals surface area contributed by atoms with Gasteiger partial charge in [0, 0.05) is 53.7 Å². The number of benzene rings is 10. The van der Waals surface area contributed by atoms with E-state index in [9.17, 15) is 0 Å². The fourth-order valence-electron chi connectivity index (χ4n) is 9.24. The molecule has 0 aliphatic heterocycles. The summed E-state index contributed by atoms with van der Waals surface area (Å²) in [6.45, 7) is 0. The van der Waals surface area contributed by atoms with Crippen LogP contribution in [0.3, 0.4) is 0 Å². The van der Waals surface area contributed by atoms with Crippen LogP contribution in [0.4, 0.5) is 17.1 Å². The van der Waals surface area contributed by atoms with E-state index >= 15 is 0 Å². The van der Waals surface area contributed by atoms with Crippen molar-refractivity contribution in [1.82, 2.24) is 4.57 Å². The van der Waals surface area contributed by atoms with Crippen LogP contribution in [-0.2, 0) is 0 Å². The van der Waals surface area contributed by atoms with Gasteiger partial charge in [-0.15, -0.1) is 11.3 Å². The van der Waals surface area contributed by atoms with Crippen molar-refractivity contribution in [3.63, 3.8) is 0 Å². The smallest absolute Gasteiger partial charge is 0.0542 e. The van der Waals surface area contributed by atoms with Gasteiger partial charge in [-0.2, -0.15) is 0 Å². The summed E-state index contributed by atoms with van der Waals surface area (Å²) >= 11 is 1.89. The fraction of sp³-hybridized carbons (Fsp3) is 0. The van der Waals surface area contributed by atoms with E-state index < -0.39 is 0 Å². The molecule has 276 valence electrons. The normalized spacial score (nSPS) is 11.7. The van der Waals surface area contributed by atoms with E-state index in [2.05, 4.69) is 228 Å². The summed E-state index contributed by atoms with van der Waals surface area (Å²) in [6, 6.07) is 79.9. The molecule has 0 atom stereocenters. The molecule has 59 heavy (non-hydrogen) atoms. The Morgan fingerprint density at radius 1 is 0.356 bits per heavy atom. The van der Waals surface area contributed by atoms with E-state index in [1.54, 1.807) is 0 Å². The first-order chi connectivity index (χ1) is 29.3. The zero-order valence-electron chi connectivity index (χ0n) is 32.1. The maximum atomic E-state index is 2.42. The van der Waals surface area contributed by atoms with E-state index in [1.807, 2.05) is 11.3 Å². The van der Waals surface area contributed by atoms with Crippen molar-refractivity contribution in [2.75, 3.05) is 4.90 Å². The molecule has 12 rings (SSSR count). The van der Waals surface area contributed by atoms with Crippen LogP contribution in [0, 0.1) is 0 Å². The van der Waals surface area contributed by atoms with Gasteiger partial charge in [-0.25, -0.2) is 0 Å². The minimum absolute atomic E-state index is 1.10. The lowest BCUT2D eigenvalue weighted by atomic mass is 9.94. The largest absolute Gasteiger partial charge is 0.310 e. The summed E-state index contributed by atoms with van der Waals surface area (Å²) < 4.78 is 5.02. The van der Waals surface area contributed by atoms with Crippen LogP contribution < -0.4 is 4.90 Å². The molecule has 0 unspecified atom stereocenters. The lowest BCUT2D eigenvalue weighted by molar-refractivity contribution is 1.18. The molecule has 2 heterocycles. The number of para-hydroxylation sites is 2. The van der Waals surface area contributed by atoms with Crippen molar-refractivity contribution in [3.8, 4) is 27.9 Å². The molecule has 0 spiro atoms. The Kier molecular flexibility index (Phi) is 7.75. The van der Waals surface area contributed by atoms with E-state index in [1.165, 1.54) is 85.8 Å². The molecule has 0 radical (unpaired) electrons. The number of aromatic nitrogens is 1. The summed E-state index contributed by atoms with van der Waals surface area (Å²) in [5.41, 5.74) is 11.9. The molecule has 0 aliphatic rings. The monoisotopic (exact) mass is 768 g/mol. The molecule has 2 nitrogen and oxygen atoms in total. The van der Waals surface area contributed by atoms with Crippen LogP contribution in [0.15, 0.2) is 218 Å². The lowest BCUT2D eigenvalue weighted by Gasteiger charge is -2.26. The third-order valence-corrected chi connectivity index (χ3v) is 13.2. The van der Waals surface area contributed by atoms with E-state index in [0.717, 1.165) is 22.7 Å². The predicted octanol–water partition coefficient (Wildman–Crippen LogP) is 16.3. The van der Waals surface area contributed by atoms with Crippen molar-refractivity contribution < 1.29 is 0 Å². The molecule has 0 saturated carbocycles. The summed E-state index contributed by atoms with van der Waals surface area (Å²) in [7, 11) is 0. The van der Waals surface area contributed by atoms with Gasteiger partial charge in [0.05, 0.1) is 11.0 Å². The zero-order valence-corrected chi connectivity index (χ0v) is 32.9. The highest BCUT2D eigenvalue weighted by Gasteiger charge is 2.20. The van der Waals surface area contributed by atoms with Crippen molar-refractivity contribution in [3.05, 3.63) is 218 Å². The molecule has 10 aromatic carbocycles. The van der Waals surface area contributed by atoms with E-state index in [4.69, 9.17) is 0 Å². The first kappa shape index (κ1) is 33.7. The Morgan fingerprint density at radius 2 is 0.915 bits per heavy atom. The van der Waals surface area contributed by atoms with Crippen LogP contribution in [0.1, 0.15) is 0 Å². The number of thiophene rings is 1. The number of rotatable bonds is 6. The second-order valence-electron chi connectivity index (χ2n) is 15.3. The molecular formula is C56H36N2S. The molecular weight excluding hydrogens is 733 g/mol. The first-order valence-corrected chi connectivity index (χ1v) is 21.0. The average Bonchev–Trinajstić information content (AvgIpc) is 3.86. The zero-order chi connectivity index (χ0) is 38.9. The molecule has 0 fully saturated rings. The predicted molar refractivity (Wildman–Crippen MR) is 254 cm³/mol. The van der Waals surface area contributed by atoms with Crippen molar-refractivity contribution in [2.24, 2.45) is 0 Å². The standard InChI is InChI=1S/C56H36N2S/c1-3-13-37(14-4-1)47-33-32-46(55-49-20-10-12-22-54(49)59-56(47)55)39-25-28-42(29-26-39)57(43-30-27-40-24-23-38-15-7-8-18-45(38)50(40)35-43)44-31-34-53-51(36-44)48-19-9-11-21-52(48)58(53)41-16-5-2-6-17-41/h1-36H. The van der Waals surface area contributed by atoms with Crippen molar-refractivity contribution >= 4 is 91.9 Å². The number of anilines is 3. The lowest BCUT2D eigenvalue weighted by Crippen LogP contribution is -2.10. The highest BCUT2D eigenvalue weighted by atomic mass is 32.1. The first-order valence-electron chi connectivity index (χ1n) is 20.2. The number of hydrogen-bond acceptors (Lipinski definition) is 2. The second kappa shape index (κ2) is 13.6. The molecule has 0 saturated heterocycles. The number of nitrogens with zero attached hydrogens (tertiary/aromatic N) is 2. The molecule has 3 heteroatoms.